The average molecular weight is 195 g/mol. The van der Waals surface area contributed by atoms with Crippen molar-refractivity contribution < 1.29 is 4.74 Å². The van der Waals surface area contributed by atoms with Gasteiger partial charge in [0.05, 0.1) is 0 Å². The molecule has 0 spiro atoms. The molecule has 0 saturated carbocycles. The second-order valence-electron chi connectivity index (χ2n) is 2.68. The Kier molecular flexibility index (Phi) is 9.33. The Hall–Kier alpha value is -1.02. The molecule has 0 aromatic heterocycles. The average Bonchev–Trinajstić information content (AvgIpc) is 2.22. The van der Waals surface area contributed by atoms with Crippen LogP contribution >= 0.6 is 0 Å². The summed E-state index contributed by atoms with van der Waals surface area (Å²) in [5, 5.41) is 3.21. The molecule has 0 saturated heterocycles. The molecule has 1 aromatic rings. The predicted molar refractivity (Wildman–Crippen MR) is 62.8 cm³/mol. The van der Waals surface area contributed by atoms with E-state index >= 15 is 0 Å². The van der Waals surface area contributed by atoms with Crippen molar-refractivity contribution in [3.05, 3.63) is 30.3 Å². The molecule has 0 heterocycles. The van der Waals surface area contributed by atoms with Gasteiger partial charge in [-0.3, -0.25) is 0 Å². The lowest BCUT2D eigenvalue weighted by molar-refractivity contribution is 0.162. The fourth-order valence-corrected chi connectivity index (χ4v) is 0.964. The molecular weight excluding hydrogens is 174 g/mol. The maximum Gasteiger partial charge on any atom is 0.0437 e. The van der Waals surface area contributed by atoms with Crippen LogP contribution in [-0.4, -0.2) is 19.8 Å². The first kappa shape index (κ1) is 13.0. The zero-order valence-electron chi connectivity index (χ0n) is 9.42. The second-order valence-corrected chi connectivity index (χ2v) is 2.68. The second kappa shape index (κ2) is 10.1. The molecule has 80 valence electrons. The number of hydrogen-bond donors (Lipinski definition) is 1. The molecule has 0 bridgehead atoms. The van der Waals surface area contributed by atoms with Crippen molar-refractivity contribution in [2.75, 3.05) is 25.1 Å². The zero-order chi connectivity index (χ0) is 10.6. The number of ether oxygens (including phenoxy) is 1. The Morgan fingerprint density at radius 3 is 1.93 bits per heavy atom. The summed E-state index contributed by atoms with van der Waals surface area (Å²) in [5.74, 6) is 0. The summed E-state index contributed by atoms with van der Waals surface area (Å²) < 4.78 is 4.83. The monoisotopic (exact) mass is 195 g/mol. The molecule has 1 N–H and O–H groups in total. The molecule has 0 amide bonds. The van der Waals surface area contributed by atoms with E-state index in [-0.39, 0.29) is 0 Å². The van der Waals surface area contributed by atoms with Gasteiger partial charge in [0.1, 0.15) is 0 Å². The van der Waals surface area contributed by atoms with E-state index in [4.69, 9.17) is 4.74 Å². The van der Waals surface area contributed by atoms with Crippen molar-refractivity contribution in [1.29, 1.82) is 0 Å². The fraction of sp³-hybridized carbons (Fsp3) is 0.500. The van der Waals surface area contributed by atoms with Crippen LogP contribution in [0.4, 0.5) is 5.69 Å². The summed E-state index contributed by atoms with van der Waals surface area (Å²) in [4.78, 5) is 0. The zero-order valence-corrected chi connectivity index (χ0v) is 9.42. The SMILES string of the molecule is CCNc1ccccc1.CCOCC. The van der Waals surface area contributed by atoms with Crippen molar-refractivity contribution in [3.8, 4) is 0 Å². The highest BCUT2D eigenvalue weighted by Crippen LogP contribution is 2.02. The minimum absolute atomic E-state index is 0.844. The molecule has 0 aliphatic carbocycles. The molecular formula is C12H21NO. The van der Waals surface area contributed by atoms with Crippen LogP contribution in [0.25, 0.3) is 0 Å². The molecule has 1 rings (SSSR count). The minimum Gasteiger partial charge on any atom is -0.385 e. The standard InChI is InChI=1S/C8H11N.C4H10O/c1-2-9-8-6-4-3-5-7-8;1-3-5-4-2/h3-7,9H,2H2,1H3;3-4H2,1-2H3. The summed E-state index contributed by atoms with van der Waals surface area (Å²) in [6.07, 6.45) is 0. The van der Waals surface area contributed by atoms with E-state index in [1.807, 2.05) is 32.0 Å². The number of benzene rings is 1. The van der Waals surface area contributed by atoms with Gasteiger partial charge in [0.2, 0.25) is 0 Å². The van der Waals surface area contributed by atoms with Gasteiger partial charge in [-0.25, -0.2) is 0 Å². The number of anilines is 1. The Balaban J connectivity index is 0.000000292. The molecule has 0 fully saturated rings. The van der Waals surface area contributed by atoms with Crippen LogP contribution in [0.5, 0.6) is 0 Å². The summed E-state index contributed by atoms with van der Waals surface area (Å²) in [6, 6.07) is 10.2. The van der Waals surface area contributed by atoms with Crippen molar-refractivity contribution in [3.63, 3.8) is 0 Å². The molecule has 0 atom stereocenters. The van der Waals surface area contributed by atoms with Crippen LogP contribution in [0, 0.1) is 0 Å². The highest BCUT2D eigenvalue weighted by Gasteiger charge is 1.81. The summed E-state index contributed by atoms with van der Waals surface area (Å²) in [5.41, 5.74) is 1.19. The van der Waals surface area contributed by atoms with Crippen LogP contribution in [0.1, 0.15) is 20.8 Å². The first-order valence-electron chi connectivity index (χ1n) is 5.21. The Bertz CT molecular complexity index is 197. The van der Waals surface area contributed by atoms with E-state index in [1.54, 1.807) is 0 Å². The third-order valence-electron chi connectivity index (χ3n) is 1.56. The maximum atomic E-state index is 4.83. The Labute approximate surface area is 87.3 Å². The van der Waals surface area contributed by atoms with Gasteiger partial charge in [0.25, 0.3) is 0 Å². The van der Waals surface area contributed by atoms with E-state index in [1.165, 1.54) is 5.69 Å². The van der Waals surface area contributed by atoms with Crippen LogP contribution in [0.2, 0.25) is 0 Å². The number of para-hydroxylation sites is 1. The highest BCUT2D eigenvalue weighted by atomic mass is 16.5. The lowest BCUT2D eigenvalue weighted by atomic mass is 10.3. The van der Waals surface area contributed by atoms with Crippen molar-refractivity contribution in [1.82, 2.24) is 0 Å². The van der Waals surface area contributed by atoms with Crippen molar-refractivity contribution in [2.24, 2.45) is 0 Å². The van der Waals surface area contributed by atoms with Crippen LogP contribution in [-0.2, 0) is 4.74 Å². The summed E-state index contributed by atoms with van der Waals surface area (Å²) in [6.45, 7) is 8.75. The van der Waals surface area contributed by atoms with Gasteiger partial charge in [0.15, 0.2) is 0 Å². The molecule has 0 aliphatic heterocycles. The molecule has 14 heavy (non-hydrogen) atoms. The van der Waals surface area contributed by atoms with Crippen LogP contribution in [0.3, 0.4) is 0 Å². The first-order valence-corrected chi connectivity index (χ1v) is 5.21. The van der Waals surface area contributed by atoms with Gasteiger partial charge in [-0.15, -0.1) is 0 Å². The van der Waals surface area contributed by atoms with Crippen molar-refractivity contribution in [2.45, 2.75) is 20.8 Å². The Morgan fingerprint density at radius 1 is 1.00 bits per heavy atom. The van der Waals surface area contributed by atoms with Gasteiger partial charge in [0, 0.05) is 25.4 Å². The van der Waals surface area contributed by atoms with Gasteiger partial charge < -0.3 is 10.1 Å². The van der Waals surface area contributed by atoms with E-state index < -0.39 is 0 Å². The fourth-order valence-electron chi connectivity index (χ4n) is 0.964. The summed E-state index contributed by atoms with van der Waals surface area (Å²) in [7, 11) is 0. The molecule has 1 aromatic carbocycles. The largest absolute Gasteiger partial charge is 0.385 e. The number of nitrogens with one attached hydrogen (secondary N) is 1. The number of rotatable bonds is 4. The minimum atomic E-state index is 0.844. The first-order chi connectivity index (χ1) is 6.85. The third-order valence-corrected chi connectivity index (χ3v) is 1.56. The van der Waals surface area contributed by atoms with Crippen LogP contribution < -0.4 is 5.32 Å². The molecule has 0 unspecified atom stereocenters. The van der Waals surface area contributed by atoms with Gasteiger partial charge in [-0.1, -0.05) is 18.2 Å². The lowest BCUT2D eigenvalue weighted by Crippen LogP contribution is -1.94. The van der Waals surface area contributed by atoms with Crippen LogP contribution in [0.15, 0.2) is 30.3 Å². The van der Waals surface area contributed by atoms with Gasteiger partial charge in [-0.05, 0) is 32.9 Å². The lowest BCUT2D eigenvalue weighted by Gasteiger charge is -1.99. The molecule has 0 aliphatic rings. The van der Waals surface area contributed by atoms with E-state index in [0.29, 0.717) is 0 Å². The summed E-state index contributed by atoms with van der Waals surface area (Å²) >= 11 is 0. The van der Waals surface area contributed by atoms with E-state index in [2.05, 4.69) is 24.4 Å². The van der Waals surface area contributed by atoms with E-state index in [0.717, 1.165) is 19.8 Å². The third kappa shape index (κ3) is 7.62. The van der Waals surface area contributed by atoms with Crippen molar-refractivity contribution >= 4 is 5.69 Å². The van der Waals surface area contributed by atoms with Gasteiger partial charge in [-0.2, -0.15) is 0 Å². The normalized spacial score (nSPS) is 8.79. The quantitative estimate of drug-likeness (QED) is 0.796. The molecule has 2 nitrogen and oxygen atoms in total. The molecule has 2 heteroatoms. The smallest absolute Gasteiger partial charge is 0.0437 e. The highest BCUT2D eigenvalue weighted by molar-refractivity contribution is 5.41. The molecule has 0 radical (unpaired) electrons. The predicted octanol–water partition coefficient (Wildman–Crippen LogP) is 3.16. The maximum absolute atomic E-state index is 4.83. The van der Waals surface area contributed by atoms with Gasteiger partial charge >= 0.3 is 0 Å². The topological polar surface area (TPSA) is 21.3 Å². The van der Waals surface area contributed by atoms with E-state index in [9.17, 15) is 0 Å². The number of hydrogen-bond acceptors (Lipinski definition) is 2. The Morgan fingerprint density at radius 2 is 1.57 bits per heavy atom.